The van der Waals surface area contributed by atoms with Crippen molar-refractivity contribution in [3.63, 3.8) is 0 Å². The predicted molar refractivity (Wildman–Crippen MR) is 120 cm³/mol. The smallest absolute Gasteiger partial charge is 0.254 e. The number of hydrogen-bond acceptors (Lipinski definition) is 3. The lowest BCUT2D eigenvalue weighted by molar-refractivity contribution is 0.0456. The third-order valence-electron chi connectivity index (χ3n) is 5.89. The summed E-state index contributed by atoms with van der Waals surface area (Å²) in [5.41, 5.74) is 3.90. The molecule has 1 fully saturated rings. The molecule has 31 heavy (non-hydrogen) atoms. The Morgan fingerprint density at radius 2 is 1.68 bits per heavy atom. The van der Waals surface area contributed by atoms with Crippen LogP contribution in [0.2, 0.25) is 0 Å². The Balaban J connectivity index is 1.30. The second-order valence-electron chi connectivity index (χ2n) is 7.70. The molecule has 1 atom stereocenters. The number of hydrogen-bond donors (Lipinski definition) is 1. The van der Waals surface area contributed by atoms with Crippen molar-refractivity contribution in [1.29, 1.82) is 0 Å². The van der Waals surface area contributed by atoms with Crippen LogP contribution in [-0.4, -0.2) is 35.8 Å². The van der Waals surface area contributed by atoms with Crippen LogP contribution in [0.4, 0.5) is 0 Å². The van der Waals surface area contributed by atoms with Crippen molar-refractivity contribution in [2.24, 2.45) is 0 Å². The Labute approximate surface area is 180 Å². The molecule has 1 aliphatic rings. The summed E-state index contributed by atoms with van der Waals surface area (Å²) in [4.78, 5) is 27.9. The average Bonchev–Trinajstić information content (AvgIpc) is 3.28. The number of benzene rings is 3. The molecule has 1 aliphatic heterocycles. The van der Waals surface area contributed by atoms with E-state index >= 15 is 0 Å². The lowest BCUT2D eigenvalue weighted by Gasteiger charge is -2.41. The monoisotopic (exact) mass is 410 g/mol. The predicted octanol–water partition coefficient (Wildman–Crippen LogP) is 4.74. The van der Waals surface area contributed by atoms with Crippen molar-refractivity contribution in [1.82, 2.24) is 10.2 Å². The number of nitrogens with zero attached hydrogens (tertiary/aromatic N) is 1. The Bertz CT molecular complexity index is 1250. The first-order chi connectivity index (χ1) is 15.2. The van der Waals surface area contributed by atoms with Crippen molar-refractivity contribution >= 4 is 22.8 Å². The van der Waals surface area contributed by atoms with Crippen LogP contribution in [0.1, 0.15) is 27.1 Å². The molecule has 0 saturated carbocycles. The van der Waals surface area contributed by atoms with E-state index < -0.39 is 0 Å². The van der Waals surface area contributed by atoms with E-state index in [1.807, 2.05) is 65.6 Å². The summed E-state index contributed by atoms with van der Waals surface area (Å²) in [7, 11) is 0. The minimum absolute atomic E-state index is 0.00175. The van der Waals surface area contributed by atoms with Gasteiger partial charge in [-0.1, -0.05) is 54.6 Å². The Morgan fingerprint density at radius 3 is 2.48 bits per heavy atom. The zero-order valence-corrected chi connectivity index (χ0v) is 17.0. The Morgan fingerprint density at radius 1 is 0.903 bits per heavy atom. The molecule has 1 saturated heterocycles. The number of likely N-dealkylation sites (tertiary alicyclic amines) is 1. The molecular weight excluding hydrogens is 388 g/mol. The second-order valence-corrected chi connectivity index (χ2v) is 7.70. The van der Waals surface area contributed by atoms with Crippen LogP contribution in [-0.2, 0) is 0 Å². The van der Waals surface area contributed by atoms with Crippen molar-refractivity contribution in [2.45, 2.75) is 12.5 Å². The van der Waals surface area contributed by atoms with Crippen LogP contribution < -0.4 is 5.32 Å². The molecule has 5 heteroatoms. The van der Waals surface area contributed by atoms with Crippen molar-refractivity contribution < 1.29 is 14.0 Å². The number of furan rings is 1. The molecule has 154 valence electrons. The van der Waals surface area contributed by atoms with Gasteiger partial charge >= 0.3 is 0 Å². The summed E-state index contributed by atoms with van der Waals surface area (Å²) >= 11 is 0. The highest BCUT2D eigenvalue weighted by molar-refractivity contribution is 6.06. The summed E-state index contributed by atoms with van der Waals surface area (Å²) in [6.07, 6.45) is 2.45. The van der Waals surface area contributed by atoms with Crippen LogP contribution in [0.3, 0.4) is 0 Å². The van der Waals surface area contributed by atoms with Gasteiger partial charge in [-0.05, 0) is 41.8 Å². The molecule has 1 N–H and O–H groups in total. The van der Waals surface area contributed by atoms with Crippen molar-refractivity contribution in [2.75, 3.05) is 13.1 Å². The quantitative estimate of drug-likeness (QED) is 0.517. The highest BCUT2D eigenvalue weighted by Gasteiger charge is 2.34. The fourth-order valence-corrected chi connectivity index (χ4v) is 4.11. The van der Waals surface area contributed by atoms with E-state index in [1.54, 1.807) is 24.5 Å². The fraction of sp³-hybridized carbons (Fsp3) is 0.154. The fourth-order valence-electron chi connectivity index (χ4n) is 4.11. The maximum Gasteiger partial charge on any atom is 0.254 e. The van der Waals surface area contributed by atoms with Crippen LogP contribution in [0.15, 0.2) is 89.5 Å². The molecule has 0 bridgehead atoms. The molecule has 5 rings (SSSR count). The van der Waals surface area contributed by atoms with Gasteiger partial charge in [-0.3, -0.25) is 9.59 Å². The van der Waals surface area contributed by atoms with Crippen LogP contribution >= 0.6 is 0 Å². The minimum atomic E-state index is -0.156. The first-order valence-electron chi connectivity index (χ1n) is 10.4. The van der Waals surface area contributed by atoms with Gasteiger partial charge in [0.1, 0.15) is 5.58 Å². The average molecular weight is 410 g/mol. The van der Waals surface area contributed by atoms with Crippen LogP contribution in [0.5, 0.6) is 0 Å². The van der Waals surface area contributed by atoms with Crippen molar-refractivity contribution in [3.8, 4) is 11.1 Å². The molecule has 0 spiro atoms. The molecule has 0 aliphatic carbocycles. The highest BCUT2D eigenvalue weighted by Crippen LogP contribution is 2.28. The zero-order chi connectivity index (χ0) is 21.2. The summed E-state index contributed by atoms with van der Waals surface area (Å²) in [5.74, 6) is -0.155. The van der Waals surface area contributed by atoms with E-state index in [4.69, 9.17) is 4.42 Å². The highest BCUT2D eigenvalue weighted by atomic mass is 16.3. The third-order valence-corrected chi connectivity index (χ3v) is 5.89. The number of nitrogens with one attached hydrogen (secondary N) is 1. The zero-order valence-electron chi connectivity index (χ0n) is 17.0. The van der Waals surface area contributed by atoms with Gasteiger partial charge < -0.3 is 14.6 Å². The first-order valence-corrected chi connectivity index (χ1v) is 10.4. The molecule has 3 aromatic carbocycles. The van der Waals surface area contributed by atoms with Crippen molar-refractivity contribution in [3.05, 3.63) is 96.3 Å². The number of rotatable bonds is 5. The normalized spacial score (nSPS) is 15.5. The van der Waals surface area contributed by atoms with Crippen LogP contribution in [0, 0.1) is 0 Å². The van der Waals surface area contributed by atoms with Gasteiger partial charge in [0, 0.05) is 24.0 Å². The number of amides is 2. The van der Waals surface area contributed by atoms with Gasteiger partial charge in [0.05, 0.1) is 17.9 Å². The molecule has 1 aromatic heterocycles. The molecule has 2 heterocycles. The first kappa shape index (κ1) is 19.1. The molecule has 4 aromatic rings. The SMILES string of the molecule is O=C(NC[C@@H]1CCN1C(=O)c1ccccc1-c1ccccc1)c1cccc2occc12. The molecule has 0 unspecified atom stereocenters. The minimum Gasteiger partial charge on any atom is -0.464 e. The third kappa shape index (κ3) is 3.59. The maximum absolute atomic E-state index is 13.3. The van der Waals surface area contributed by atoms with Gasteiger partial charge in [-0.2, -0.15) is 0 Å². The lowest BCUT2D eigenvalue weighted by Crippen LogP contribution is -2.56. The van der Waals surface area contributed by atoms with E-state index in [0.29, 0.717) is 29.8 Å². The summed E-state index contributed by atoms with van der Waals surface area (Å²) < 4.78 is 5.38. The Kier molecular flexibility index (Phi) is 5.00. The lowest BCUT2D eigenvalue weighted by atomic mass is 9.95. The van der Waals surface area contributed by atoms with E-state index in [0.717, 1.165) is 22.9 Å². The van der Waals surface area contributed by atoms with Crippen LogP contribution in [0.25, 0.3) is 22.1 Å². The van der Waals surface area contributed by atoms with Gasteiger partial charge in [0.25, 0.3) is 11.8 Å². The van der Waals surface area contributed by atoms with E-state index in [-0.39, 0.29) is 17.9 Å². The molecular formula is C26H22N2O3. The van der Waals surface area contributed by atoms with E-state index in [2.05, 4.69) is 5.32 Å². The second kappa shape index (κ2) is 8.11. The van der Waals surface area contributed by atoms with Gasteiger partial charge in [0.15, 0.2) is 0 Å². The number of carbonyl (C=O) groups excluding carboxylic acids is 2. The largest absolute Gasteiger partial charge is 0.464 e. The summed E-state index contributed by atoms with van der Waals surface area (Å²) in [6.45, 7) is 1.12. The number of carbonyl (C=O) groups is 2. The summed E-state index contributed by atoms with van der Waals surface area (Å²) in [6, 6.07) is 24.8. The molecule has 5 nitrogen and oxygen atoms in total. The maximum atomic E-state index is 13.3. The standard InChI is InChI=1S/C26H22N2O3/c29-25(22-11-6-12-24-21(22)14-16-31-24)27-17-19-13-15-28(19)26(30)23-10-5-4-9-20(23)18-7-2-1-3-8-18/h1-12,14,16,19H,13,15,17H2,(H,27,29)/t19-/m0/s1. The number of fused-ring (bicyclic) bond motifs is 1. The molecule has 2 amide bonds. The van der Waals surface area contributed by atoms with E-state index in [1.165, 1.54) is 0 Å². The molecule has 0 radical (unpaired) electrons. The van der Waals surface area contributed by atoms with E-state index in [9.17, 15) is 9.59 Å². The topological polar surface area (TPSA) is 62.6 Å². The van der Waals surface area contributed by atoms with Gasteiger partial charge in [0.2, 0.25) is 0 Å². The van der Waals surface area contributed by atoms with Gasteiger partial charge in [-0.25, -0.2) is 0 Å². The summed E-state index contributed by atoms with van der Waals surface area (Å²) in [5, 5.41) is 3.78. The Hall–Kier alpha value is -3.86. The van der Waals surface area contributed by atoms with Gasteiger partial charge in [-0.15, -0.1) is 0 Å².